The minimum absolute atomic E-state index is 0.164. The van der Waals surface area contributed by atoms with Crippen molar-refractivity contribution >= 4 is 27.7 Å². The molecule has 1 aromatic rings. The summed E-state index contributed by atoms with van der Waals surface area (Å²) >= 11 is 5.28. The highest BCUT2D eigenvalue weighted by Gasteiger charge is 2.18. The Morgan fingerprint density at radius 3 is 2.29 bits per heavy atom. The molecule has 0 aromatic heterocycles. The molecule has 17 heavy (non-hydrogen) atoms. The molecule has 0 fully saturated rings. The molecular formula is C13H19BrO2S. The van der Waals surface area contributed by atoms with Crippen LogP contribution in [0.25, 0.3) is 0 Å². The van der Waals surface area contributed by atoms with Gasteiger partial charge in [-0.25, -0.2) is 0 Å². The number of hydrogen-bond donors (Lipinski definition) is 1. The van der Waals surface area contributed by atoms with Gasteiger partial charge in [-0.15, -0.1) is 11.8 Å². The van der Waals surface area contributed by atoms with Crippen molar-refractivity contribution in [2.45, 2.75) is 37.8 Å². The molecule has 1 aromatic carbocycles. The summed E-state index contributed by atoms with van der Waals surface area (Å²) in [5.74, 6) is 0.925. The molecule has 1 N–H and O–H groups in total. The van der Waals surface area contributed by atoms with E-state index in [2.05, 4.69) is 36.7 Å². The maximum absolute atomic E-state index is 9.17. The molecule has 1 atom stereocenters. The fraction of sp³-hybridized carbons (Fsp3) is 0.538. The molecule has 1 rings (SSSR count). The Balaban J connectivity index is 3.36. The van der Waals surface area contributed by atoms with E-state index < -0.39 is 0 Å². The number of halogens is 1. The van der Waals surface area contributed by atoms with Gasteiger partial charge in [0, 0.05) is 9.72 Å². The van der Waals surface area contributed by atoms with E-state index >= 15 is 0 Å². The fourth-order valence-corrected chi connectivity index (χ4v) is 3.41. The predicted octanol–water partition coefficient (Wildman–Crippen LogP) is 3.86. The topological polar surface area (TPSA) is 29.5 Å². The van der Waals surface area contributed by atoms with Crippen LogP contribution in [0.3, 0.4) is 0 Å². The molecular weight excluding hydrogens is 300 g/mol. The Labute approximate surface area is 116 Å². The predicted molar refractivity (Wildman–Crippen MR) is 77.3 cm³/mol. The van der Waals surface area contributed by atoms with Crippen LogP contribution in [0.1, 0.15) is 23.6 Å². The molecule has 0 aliphatic carbocycles. The van der Waals surface area contributed by atoms with Gasteiger partial charge in [-0.1, -0.05) is 22.9 Å². The number of aliphatic hydroxyl groups excluding tert-OH is 1. The highest BCUT2D eigenvalue weighted by atomic mass is 79.9. The first-order valence-electron chi connectivity index (χ1n) is 5.54. The quantitative estimate of drug-likeness (QED) is 0.855. The summed E-state index contributed by atoms with van der Waals surface area (Å²) in [6, 6.07) is 0. The van der Waals surface area contributed by atoms with Gasteiger partial charge in [-0.3, -0.25) is 0 Å². The third-order valence-electron chi connectivity index (χ3n) is 2.89. The first kappa shape index (κ1) is 14.9. The second-order valence-corrected chi connectivity index (χ2v) is 6.40. The van der Waals surface area contributed by atoms with Crippen molar-refractivity contribution < 1.29 is 9.84 Å². The summed E-state index contributed by atoms with van der Waals surface area (Å²) in [4.78, 5) is 1.11. The normalized spacial score (nSPS) is 12.6. The zero-order chi connectivity index (χ0) is 13.2. The summed E-state index contributed by atoms with van der Waals surface area (Å²) in [6.45, 7) is 8.39. The van der Waals surface area contributed by atoms with Gasteiger partial charge in [0.05, 0.1) is 18.6 Å². The number of hydrogen-bond acceptors (Lipinski definition) is 3. The second kappa shape index (κ2) is 6.12. The Hall–Kier alpha value is -0.190. The van der Waals surface area contributed by atoms with Gasteiger partial charge in [-0.2, -0.15) is 0 Å². The number of methoxy groups -OCH3 is 1. The fourth-order valence-electron chi connectivity index (χ4n) is 1.68. The largest absolute Gasteiger partial charge is 0.495 e. The maximum atomic E-state index is 9.17. The lowest BCUT2D eigenvalue weighted by Crippen LogP contribution is -2.05. The van der Waals surface area contributed by atoms with Crippen molar-refractivity contribution in [1.29, 1.82) is 0 Å². The summed E-state index contributed by atoms with van der Waals surface area (Å²) in [5.41, 5.74) is 3.54. The third-order valence-corrected chi connectivity index (χ3v) is 5.36. The van der Waals surface area contributed by atoms with E-state index in [-0.39, 0.29) is 11.9 Å². The number of benzene rings is 1. The molecule has 0 aliphatic heterocycles. The van der Waals surface area contributed by atoms with Gasteiger partial charge in [0.1, 0.15) is 5.75 Å². The number of ether oxygens (including phenoxy) is 1. The molecule has 0 aliphatic rings. The standard InChI is InChI=1S/C13H19BrO2S/c1-7(6-15)17-13-10(4)11(14)8(2)9(3)12(13)16-5/h7,15H,6H2,1-5H3. The van der Waals surface area contributed by atoms with E-state index in [0.29, 0.717) is 0 Å². The smallest absolute Gasteiger partial charge is 0.135 e. The monoisotopic (exact) mass is 318 g/mol. The van der Waals surface area contributed by atoms with Crippen molar-refractivity contribution in [1.82, 2.24) is 0 Å². The molecule has 0 bridgehead atoms. The van der Waals surface area contributed by atoms with Crippen molar-refractivity contribution in [2.24, 2.45) is 0 Å². The molecule has 0 spiro atoms. The number of aliphatic hydroxyl groups is 1. The summed E-state index contributed by atoms with van der Waals surface area (Å²) in [7, 11) is 1.70. The third kappa shape index (κ3) is 2.98. The minimum Gasteiger partial charge on any atom is -0.495 e. The lowest BCUT2D eigenvalue weighted by atomic mass is 10.1. The Kier molecular flexibility index (Phi) is 5.35. The lowest BCUT2D eigenvalue weighted by Gasteiger charge is -2.20. The van der Waals surface area contributed by atoms with Gasteiger partial charge in [-0.05, 0) is 37.5 Å². The average Bonchev–Trinajstić information content (AvgIpc) is 2.33. The first-order chi connectivity index (χ1) is 7.93. The molecule has 0 amide bonds. The first-order valence-corrected chi connectivity index (χ1v) is 7.22. The van der Waals surface area contributed by atoms with Crippen molar-refractivity contribution in [3.05, 3.63) is 21.2 Å². The second-order valence-electron chi connectivity index (χ2n) is 4.16. The van der Waals surface area contributed by atoms with Crippen LogP contribution in [0.5, 0.6) is 5.75 Å². The maximum Gasteiger partial charge on any atom is 0.135 e. The van der Waals surface area contributed by atoms with Crippen molar-refractivity contribution in [2.75, 3.05) is 13.7 Å². The number of rotatable bonds is 4. The minimum atomic E-state index is 0.164. The van der Waals surface area contributed by atoms with E-state index in [1.165, 1.54) is 11.1 Å². The van der Waals surface area contributed by atoms with Gasteiger partial charge >= 0.3 is 0 Å². The Morgan fingerprint density at radius 1 is 1.24 bits per heavy atom. The van der Waals surface area contributed by atoms with Crippen LogP contribution in [-0.4, -0.2) is 24.1 Å². The van der Waals surface area contributed by atoms with Gasteiger partial charge < -0.3 is 9.84 Å². The van der Waals surface area contributed by atoms with Crippen molar-refractivity contribution in [3.8, 4) is 5.75 Å². The number of thioether (sulfide) groups is 1. The van der Waals surface area contributed by atoms with Crippen LogP contribution >= 0.6 is 27.7 Å². The highest BCUT2D eigenvalue weighted by molar-refractivity contribution is 9.10. The molecule has 2 nitrogen and oxygen atoms in total. The van der Waals surface area contributed by atoms with E-state index in [1.807, 2.05) is 6.92 Å². The Bertz CT molecular complexity index is 419. The van der Waals surface area contributed by atoms with Crippen LogP contribution in [0, 0.1) is 20.8 Å². The molecule has 0 saturated carbocycles. The van der Waals surface area contributed by atoms with E-state index in [0.717, 1.165) is 20.7 Å². The van der Waals surface area contributed by atoms with Crippen LogP contribution in [0.15, 0.2) is 9.37 Å². The van der Waals surface area contributed by atoms with E-state index in [4.69, 9.17) is 4.74 Å². The summed E-state index contributed by atoms with van der Waals surface area (Å²) in [5, 5.41) is 9.33. The molecule has 0 heterocycles. The molecule has 4 heteroatoms. The lowest BCUT2D eigenvalue weighted by molar-refractivity contribution is 0.300. The zero-order valence-electron chi connectivity index (χ0n) is 10.9. The van der Waals surface area contributed by atoms with Crippen molar-refractivity contribution in [3.63, 3.8) is 0 Å². The molecule has 0 radical (unpaired) electrons. The summed E-state index contributed by atoms with van der Waals surface area (Å²) in [6.07, 6.45) is 0. The van der Waals surface area contributed by atoms with Crippen LogP contribution in [-0.2, 0) is 0 Å². The van der Waals surface area contributed by atoms with Crippen LogP contribution in [0.2, 0.25) is 0 Å². The van der Waals surface area contributed by atoms with E-state index in [9.17, 15) is 5.11 Å². The highest BCUT2D eigenvalue weighted by Crippen LogP contribution is 2.42. The average molecular weight is 319 g/mol. The van der Waals surface area contributed by atoms with E-state index in [1.54, 1.807) is 18.9 Å². The van der Waals surface area contributed by atoms with Crippen LogP contribution < -0.4 is 4.74 Å². The van der Waals surface area contributed by atoms with Gasteiger partial charge in [0.25, 0.3) is 0 Å². The zero-order valence-corrected chi connectivity index (χ0v) is 13.3. The summed E-state index contributed by atoms with van der Waals surface area (Å²) < 4.78 is 6.64. The molecule has 0 saturated heterocycles. The van der Waals surface area contributed by atoms with Crippen LogP contribution in [0.4, 0.5) is 0 Å². The SMILES string of the molecule is COc1c(C)c(C)c(Br)c(C)c1SC(C)CO. The molecule has 1 unspecified atom stereocenters. The van der Waals surface area contributed by atoms with Gasteiger partial charge in [0.15, 0.2) is 0 Å². The molecule has 96 valence electrons. The van der Waals surface area contributed by atoms with Gasteiger partial charge in [0.2, 0.25) is 0 Å². The Morgan fingerprint density at radius 2 is 1.82 bits per heavy atom.